The number of ether oxygens (including phenoxy) is 1. The summed E-state index contributed by atoms with van der Waals surface area (Å²) in [6, 6.07) is 0. The Morgan fingerprint density at radius 3 is 3.00 bits per heavy atom. The highest BCUT2D eigenvalue weighted by molar-refractivity contribution is 8.04. The lowest BCUT2D eigenvalue weighted by Gasteiger charge is -2.04. The number of hydrogen-bond donors (Lipinski definition) is 2. The number of amides is 1. The highest BCUT2D eigenvalue weighted by Crippen LogP contribution is 2.29. The monoisotopic (exact) mass is 260 g/mol. The van der Waals surface area contributed by atoms with Crippen LogP contribution < -0.4 is 11.1 Å². The van der Waals surface area contributed by atoms with E-state index in [1.165, 1.54) is 17.8 Å². The molecule has 0 radical (unpaired) electrons. The van der Waals surface area contributed by atoms with Gasteiger partial charge in [-0.1, -0.05) is 24.0 Å². The molecule has 88 valence electrons. The van der Waals surface area contributed by atoms with Gasteiger partial charge in [0.2, 0.25) is 5.91 Å². The number of nitrogens with two attached hydrogens (primary N) is 1. The third kappa shape index (κ3) is 3.82. The van der Waals surface area contributed by atoms with Crippen LogP contribution in [0.2, 0.25) is 0 Å². The second-order valence-corrected chi connectivity index (χ2v) is 4.73. The molecule has 1 amide bonds. The number of thiocarbonyl (C=S) groups is 1. The SMILES string of the molecule is CCOC(=O)CC1S/C(=C\C(N)=S)NC1=O. The van der Waals surface area contributed by atoms with E-state index in [0.29, 0.717) is 11.6 Å². The highest BCUT2D eigenvalue weighted by atomic mass is 32.2. The zero-order valence-corrected chi connectivity index (χ0v) is 10.3. The molecule has 1 heterocycles. The van der Waals surface area contributed by atoms with Gasteiger partial charge in [-0.3, -0.25) is 9.59 Å². The second kappa shape index (κ2) is 5.86. The molecule has 0 aliphatic carbocycles. The maximum absolute atomic E-state index is 11.4. The van der Waals surface area contributed by atoms with Gasteiger partial charge >= 0.3 is 5.97 Å². The Balaban J connectivity index is 2.55. The molecule has 0 aromatic heterocycles. The van der Waals surface area contributed by atoms with Crippen LogP contribution in [0.1, 0.15) is 13.3 Å². The zero-order chi connectivity index (χ0) is 12.1. The summed E-state index contributed by atoms with van der Waals surface area (Å²) in [7, 11) is 0. The summed E-state index contributed by atoms with van der Waals surface area (Å²) in [5, 5.41) is 2.71. The minimum atomic E-state index is -0.459. The summed E-state index contributed by atoms with van der Waals surface area (Å²) < 4.78 is 4.77. The quantitative estimate of drug-likeness (QED) is 0.430. The van der Waals surface area contributed by atoms with Crippen molar-refractivity contribution in [2.24, 2.45) is 5.73 Å². The lowest BCUT2D eigenvalue weighted by Crippen LogP contribution is -2.25. The normalized spacial score (nSPS) is 21.9. The Bertz CT molecular complexity index is 355. The van der Waals surface area contributed by atoms with E-state index >= 15 is 0 Å². The van der Waals surface area contributed by atoms with Crippen LogP contribution in [0.15, 0.2) is 11.1 Å². The first-order chi connectivity index (χ1) is 7.52. The number of carbonyl (C=O) groups is 2. The van der Waals surface area contributed by atoms with Gasteiger partial charge in [0.25, 0.3) is 0 Å². The molecule has 1 rings (SSSR count). The van der Waals surface area contributed by atoms with Crippen molar-refractivity contribution in [1.29, 1.82) is 0 Å². The number of rotatable bonds is 4. The fourth-order valence-electron chi connectivity index (χ4n) is 1.14. The van der Waals surface area contributed by atoms with Crippen LogP contribution in [0.4, 0.5) is 0 Å². The van der Waals surface area contributed by atoms with Crippen LogP contribution >= 0.6 is 24.0 Å². The summed E-state index contributed by atoms with van der Waals surface area (Å²) >= 11 is 5.92. The molecule has 5 nitrogen and oxygen atoms in total. The molecule has 1 saturated heterocycles. The summed E-state index contributed by atoms with van der Waals surface area (Å²) in [6.45, 7) is 2.03. The van der Waals surface area contributed by atoms with Gasteiger partial charge in [0, 0.05) is 6.08 Å². The highest BCUT2D eigenvalue weighted by Gasteiger charge is 2.31. The Labute approximate surface area is 103 Å². The number of carbonyl (C=O) groups excluding carboxylic acids is 2. The molecule has 1 aliphatic heterocycles. The molecule has 0 aromatic carbocycles. The minimum Gasteiger partial charge on any atom is -0.466 e. The van der Waals surface area contributed by atoms with Crippen molar-refractivity contribution in [3.8, 4) is 0 Å². The van der Waals surface area contributed by atoms with Crippen LogP contribution in [-0.2, 0) is 14.3 Å². The number of thioether (sulfide) groups is 1. The maximum atomic E-state index is 11.4. The van der Waals surface area contributed by atoms with Gasteiger partial charge in [0.1, 0.15) is 5.25 Å². The standard InChI is InChI=1S/C9H12N2O3S2/c1-2-14-8(12)3-5-9(13)11-7(16-5)4-6(10)15/h4-5H,2-3H2,1H3,(H2,10,15)(H,11,13)/b7-4-. The topological polar surface area (TPSA) is 81.4 Å². The molecule has 1 aliphatic rings. The fraction of sp³-hybridized carbons (Fsp3) is 0.444. The van der Waals surface area contributed by atoms with E-state index in [2.05, 4.69) is 17.5 Å². The lowest BCUT2D eigenvalue weighted by atomic mass is 10.3. The minimum absolute atomic E-state index is 0.0546. The Hall–Kier alpha value is -1.08. The molecule has 0 spiro atoms. The Morgan fingerprint density at radius 1 is 1.75 bits per heavy atom. The van der Waals surface area contributed by atoms with E-state index < -0.39 is 5.25 Å². The summed E-state index contributed by atoms with van der Waals surface area (Å²) in [4.78, 5) is 22.8. The predicted molar refractivity (Wildman–Crippen MR) is 65.6 cm³/mol. The largest absolute Gasteiger partial charge is 0.466 e. The van der Waals surface area contributed by atoms with Crippen LogP contribution in [0.3, 0.4) is 0 Å². The summed E-state index contributed by atoms with van der Waals surface area (Å²) in [5.74, 6) is -0.604. The second-order valence-electron chi connectivity index (χ2n) is 3.02. The zero-order valence-electron chi connectivity index (χ0n) is 8.69. The third-order valence-corrected chi connectivity index (χ3v) is 3.00. The first kappa shape index (κ1) is 13.0. The number of nitrogens with one attached hydrogen (secondary N) is 1. The van der Waals surface area contributed by atoms with Crippen molar-refractivity contribution in [3.63, 3.8) is 0 Å². The molecule has 7 heteroatoms. The van der Waals surface area contributed by atoms with Gasteiger partial charge in [-0.05, 0) is 6.92 Å². The van der Waals surface area contributed by atoms with E-state index in [9.17, 15) is 9.59 Å². The Kier molecular flexibility index (Phi) is 4.75. The molecular formula is C9H12N2O3S2. The van der Waals surface area contributed by atoms with Gasteiger partial charge in [0.05, 0.1) is 23.0 Å². The van der Waals surface area contributed by atoms with E-state index in [1.807, 2.05) is 0 Å². The molecule has 3 N–H and O–H groups in total. The van der Waals surface area contributed by atoms with Crippen LogP contribution in [-0.4, -0.2) is 28.7 Å². The molecule has 1 unspecified atom stereocenters. The smallest absolute Gasteiger partial charge is 0.307 e. The first-order valence-corrected chi connectivity index (χ1v) is 5.96. The predicted octanol–water partition coefficient (Wildman–Crippen LogP) is 0.299. The molecule has 1 atom stereocenters. The Morgan fingerprint density at radius 2 is 2.44 bits per heavy atom. The van der Waals surface area contributed by atoms with Crippen molar-refractivity contribution >= 4 is 40.8 Å². The van der Waals surface area contributed by atoms with Crippen molar-refractivity contribution < 1.29 is 14.3 Å². The van der Waals surface area contributed by atoms with Crippen LogP contribution in [0, 0.1) is 0 Å². The van der Waals surface area contributed by atoms with Crippen LogP contribution in [0.5, 0.6) is 0 Å². The van der Waals surface area contributed by atoms with Crippen molar-refractivity contribution in [2.45, 2.75) is 18.6 Å². The van der Waals surface area contributed by atoms with E-state index in [-0.39, 0.29) is 23.3 Å². The van der Waals surface area contributed by atoms with Gasteiger partial charge in [-0.15, -0.1) is 0 Å². The number of hydrogen-bond acceptors (Lipinski definition) is 5. The average Bonchev–Trinajstić information content (AvgIpc) is 2.45. The first-order valence-electron chi connectivity index (χ1n) is 4.67. The van der Waals surface area contributed by atoms with E-state index in [0.717, 1.165) is 0 Å². The molecule has 16 heavy (non-hydrogen) atoms. The lowest BCUT2D eigenvalue weighted by molar-refractivity contribution is -0.144. The maximum Gasteiger partial charge on any atom is 0.307 e. The molecule has 1 fully saturated rings. The fourth-order valence-corrected chi connectivity index (χ4v) is 2.38. The van der Waals surface area contributed by atoms with Crippen molar-refractivity contribution in [2.75, 3.05) is 6.61 Å². The summed E-state index contributed by atoms with van der Waals surface area (Å²) in [5.41, 5.74) is 5.31. The average molecular weight is 260 g/mol. The molecule has 0 bridgehead atoms. The summed E-state index contributed by atoms with van der Waals surface area (Å²) in [6.07, 6.45) is 1.54. The molecule has 0 saturated carbocycles. The van der Waals surface area contributed by atoms with E-state index in [1.54, 1.807) is 6.92 Å². The van der Waals surface area contributed by atoms with Crippen molar-refractivity contribution in [1.82, 2.24) is 5.32 Å². The third-order valence-electron chi connectivity index (χ3n) is 1.74. The van der Waals surface area contributed by atoms with Gasteiger partial charge < -0.3 is 15.8 Å². The van der Waals surface area contributed by atoms with Crippen LogP contribution in [0.25, 0.3) is 0 Å². The van der Waals surface area contributed by atoms with E-state index in [4.69, 9.17) is 10.5 Å². The van der Waals surface area contributed by atoms with Gasteiger partial charge in [-0.25, -0.2) is 0 Å². The number of esters is 1. The van der Waals surface area contributed by atoms with Gasteiger partial charge in [-0.2, -0.15) is 0 Å². The molecule has 0 aromatic rings. The van der Waals surface area contributed by atoms with Gasteiger partial charge in [0.15, 0.2) is 0 Å². The molecular weight excluding hydrogens is 248 g/mol. The van der Waals surface area contributed by atoms with Crippen molar-refractivity contribution in [3.05, 3.63) is 11.1 Å².